The van der Waals surface area contributed by atoms with Crippen molar-refractivity contribution in [1.29, 1.82) is 0 Å². The summed E-state index contributed by atoms with van der Waals surface area (Å²) in [7, 11) is 0. The van der Waals surface area contributed by atoms with Crippen LogP contribution in [0.1, 0.15) is 36.5 Å². The minimum atomic E-state index is 0.469. The summed E-state index contributed by atoms with van der Waals surface area (Å²) in [6, 6.07) is 10.1. The molecule has 0 saturated heterocycles. The van der Waals surface area contributed by atoms with Crippen LogP contribution in [-0.4, -0.2) is 4.98 Å². The number of hydrogen-bond acceptors (Lipinski definition) is 2. The minimum absolute atomic E-state index is 0.469. The standard InChI is InChI=1S/C16H18ClNO/c1-11(2)14-5-4-6-15(8-14)19-16-12(3)7-13(9-17)10-18-16/h4-8,10-11H,9H2,1-3H3. The topological polar surface area (TPSA) is 22.1 Å². The van der Waals surface area contributed by atoms with Gasteiger partial charge in [-0.3, -0.25) is 0 Å². The molecular formula is C16H18ClNO. The maximum atomic E-state index is 5.85. The smallest absolute Gasteiger partial charge is 0.222 e. The van der Waals surface area contributed by atoms with E-state index in [1.807, 2.05) is 25.1 Å². The molecule has 1 heterocycles. The zero-order valence-corrected chi connectivity index (χ0v) is 12.2. The Kier molecular flexibility index (Phi) is 4.43. The lowest BCUT2D eigenvalue weighted by molar-refractivity contribution is 0.457. The largest absolute Gasteiger partial charge is 0.439 e. The zero-order chi connectivity index (χ0) is 13.8. The highest BCUT2D eigenvalue weighted by atomic mass is 35.5. The molecule has 2 rings (SSSR count). The van der Waals surface area contributed by atoms with Crippen molar-refractivity contribution in [3.63, 3.8) is 0 Å². The number of hydrogen-bond donors (Lipinski definition) is 0. The van der Waals surface area contributed by atoms with Crippen molar-refractivity contribution in [2.75, 3.05) is 0 Å². The number of ether oxygens (including phenoxy) is 1. The number of benzene rings is 1. The van der Waals surface area contributed by atoms with Gasteiger partial charge < -0.3 is 4.74 Å². The Balaban J connectivity index is 2.23. The van der Waals surface area contributed by atoms with Crippen LogP contribution >= 0.6 is 11.6 Å². The molecule has 2 aromatic rings. The van der Waals surface area contributed by atoms with Crippen molar-refractivity contribution >= 4 is 11.6 Å². The average Bonchev–Trinajstić information content (AvgIpc) is 2.41. The van der Waals surface area contributed by atoms with E-state index in [1.54, 1.807) is 6.20 Å². The van der Waals surface area contributed by atoms with Crippen LogP contribution in [0.25, 0.3) is 0 Å². The highest BCUT2D eigenvalue weighted by molar-refractivity contribution is 6.17. The van der Waals surface area contributed by atoms with Crippen LogP contribution in [-0.2, 0) is 5.88 Å². The van der Waals surface area contributed by atoms with Crippen molar-refractivity contribution in [1.82, 2.24) is 4.98 Å². The van der Waals surface area contributed by atoms with Gasteiger partial charge in [0.15, 0.2) is 0 Å². The number of pyridine rings is 1. The van der Waals surface area contributed by atoms with Crippen molar-refractivity contribution in [3.8, 4) is 11.6 Å². The molecule has 0 unspecified atom stereocenters. The van der Waals surface area contributed by atoms with Gasteiger partial charge in [-0.2, -0.15) is 0 Å². The lowest BCUT2D eigenvalue weighted by Gasteiger charge is -2.11. The predicted molar refractivity (Wildman–Crippen MR) is 79.1 cm³/mol. The first-order chi connectivity index (χ1) is 9.10. The van der Waals surface area contributed by atoms with Crippen LogP contribution in [0.3, 0.4) is 0 Å². The molecular weight excluding hydrogens is 258 g/mol. The van der Waals surface area contributed by atoms with Gasteiger partial charge in [0.1, 0.15) is 5.75 Å². The Labute approximate surface area is 119 Å². The molecule has 0 aliphatic carbocycles. The van der Waals surface area contributed by atoms with Gasteiger partial charge in [0.25, 0.3) is 0 Å². The van der Waals surface area contributed by atoms with Crippen LogP contribution in [0.5, 0.6) is 11.6 Å². The highest BCUT2D eigenvalue weighted by Gasteiger charge is 2.06. The van der Waals surface area contributed by atoms with Crippen LogP contribution in [0.4, 0.5) is 0 Å². The molecule has 0 atom stereocenters. The van der Waals surface area contributed by atoms with E-state index in [1.165, 1.54) is 5.56 Å². The van der Waals surface area contributed by atoms with E-state index < -0.39 is 0 Å². The second-order valence-electron chi connectivity index (χ2n) is 4.93. The monoisotopic (exact) mass is 275 g/mol. The van der Waals surface area contributed by atoms with Gasteiger partial charge in [-0.25, -0.2) is 4.98 Å². The summed E-state index contributed by atoms with van der Waals surface area (Å²) < 4.78 is 5.85. The summed E-state index contributed by atoms with van der Waals surface area (Å²) in [5, 5.41) is 0. The molecule has 0 bridgehead atoms. The van der Waals surface area contributed by atoms with E-state index >= 15 is 0 Å². The van der Waals surface area contributed by atoms with E-state index in [4.69, 9.17) is 16.3 Å². The molecule has 1 aromatic heterocycles. The molecule has 0 N–H and O–H groups in total. The molecule has 1 aromatic carbocycles. The molecule has 100 valence electrons. The summed E-state index contributed by atoms with van der Waals surface area (Å²) in [5.41, 5.74) is 3.25. The van der Waals surface area contributed by atoms with Gasteiger partial charge in [-0.1, -0.05) is 26.0 Å². The summed E-state index contributed by atoms with van der Waals surface area (Å²) >= 11 is 5.79. The molecule has 0 amide bonds. The van der Waals surface area contributed by atoms with Gasteiger partial charge in [-0.15, -0.1) is 11.6 Å². The zero-order valence-electron chi connectivity index (χ0n) is 11.5. The van der Waals surface area contributed by atoms with Crippen LogP contribution in [0.2, 0.25) is 0 Å². The molecule has 0 radical (unpaired) electrons. The molecule has 0 aliphatic rings. The van der Waals surface area contributed by atoms with Crippen LogP contribution < -0.4 is 4.74 Å². The minimum Gasteiger partial charge on any atom is -0.439 e. The van der Waals surface area contributed by atoms with E-state index in [0.717, 1.165) is 16.9 Å². The fraction of sp³-hybridized carbons (Fsp3) is 0.312. The summed E-state index contributed by atoms with van der Waals surface area (Å²) in [5.74, 6) is 2.41. The Morgan fingerprint density at radius 1 is 1.26 bits per heavy atom. The molecule has 19 heavy (non-hydrogen) atoms. The van der Waals surface area contributed by atoms with Crippen LogP contribution in [0, 0.1) is 6.92 Å². The first kappa shape index (κ1) is 13.9. The van der Waals surface area contributed by atoms with Crippen LogP contribution in [0.15, 0.2) is 36.5 Å². The summed E-state index contributed by atoms with van der Waals surface area (Å²) in [4.78, 5) is 4.31. The van der Waals surface area contributed by atoms with Crippen molar-refractivity contribution < 1.29 is 4.74 Å². The lowest BCUT2D eigenvalue weighted by Crippen LogP contribution is -1.94. The third-order valence-corrected chi connectivity index (χ3v) is 3.29. The van der Waals surface area contributed by atoms with Gasteiger partial charge >= 0.3 is 0 Å². The number of halogens is 1. The maximum absolute atomic E-state index is 5.85. The van der Waals surface area contributed by atoms with E-state index in [0.29, 0.717) is 17.7 Å². The number of nitrogens with zero attached hydrogens (tertiary/aromatic N) is 1. The van der Waals surface area contributed by atoms with Crippen molar-refractivity contribution in [2.45, 2.75) is 32.6 Å². The van der Waals surface area contributed by atoms with Crippen molar-refractivity contribution in [2.24, 2.45) is 0 Å². The first-order valence-electron chi connectivity index (χ1n) is 6.39. The van der Waals surface area contributed by atoms with Gasteiger partial charge in [0, 0.05) is 17.6 Å². The molecule has 0 saturated carbocycles. The number of aromatic nitrogens is 1. The third-order valence-electron chi connectivity index (χ3n) is 2.98. The maximum Gasteiger partial charge on any atom is 0.222 e. The Morgan fingerprint density at radius 3 is 2.68 bits per heavy atom. The lowest BCUT2D eigenvalue weighted by atomic mass is 10.0. The molecule has 0 spiro atoms. The van der Waals surface area contributed by atoms with Crippen molar-refractivity contribution in [3.05, 3.63) is 53.2 Å². The highest BCUT2D eigenvalue weighted by Crippen LogP contribution is 2.26. The fourth-order valence-corrected chi connectivity index (χ4v) is 2.00. The molecule has 3 heteroatoms. The number of aryl methyl sites for hydroxylation is 1. The molecule has 0 fully saturated rings. The predicted octanol–water partition coefficient (Wildman–Crippen LogP) is 5.04. The third kappa shape index (κ3) is 3.48. The van der Waals surface area contributed by atoms with Gasteiger partial charge in [0.05, 0.1) is 0 Å². The Hall–Kier alpha value is -1.54. The second-order valence-corrected chi connectivity index (χ2v) is 5.20. The number of rotatable bonds is 4. The summed E-state index contributed by atoms with van der Waals surface area (Å²) in [6.07, 6.45) is 1.75. The summed E-state index contributed by atoms with van der Waals surface area (Å²) in [6.45, 7) is 6.31. The quantitative estimate of drug-likeness (QED) is 0.729. The van der Waals surface area contributed by atoms with E-state index in [-0.39, 0.29) is 0 Å². The number of alkyl halides is 1. The van der Waals surface area contributed by atoms with E-state index in [9.17, 15) is 0 Å². The average molecular weight is 276 g/mol. The molecule has 2 nitrogen and oxygen atoms in total. The Bertz CT molecular complexity index is 566. The SMILES string of the molecule is Cc1cc(CCl)cnc1Oc1cccc(C(C)C)c1. The normalized spacial score (nSPS) is 10.8. The van der Waals surface area contributed by atoms with Gasteiger partial charge in [-0.05, 0) is 42.2 Å². The Morgan fingerprint density at radius 2 is 2.05 bits per heavy atom. The van der Waals surface area contributed by atoms with E-state index in [2.05, 4.69) is 31.0 Å². The fourth-order valence-electron chi connectivity index (χ4n) is 1.85. The second kappa shape index (κ2) is 6.07. The first-order valence-corrected chi connectivity index (χ1v) is 6.93. The van der Waals surface area contributed by atoms with Gasteiger partial charge in [0.2, 0.25) is 5.88 Å². The molecule has 0 aliphatic heterocycles.